The highest BCUT2D eigenvalue weighted by Crippen LogP contribution is 2.38. The van der Waals surface area contributed by atoms with Crippen LogP contribution in [0.2, 0.25) is 5.04 Å². The van der Waals surface area contributed by atoms with E-state index in [1.807, 2.05) is 60.7 Å². The van der Waals surface area contributed by atoms with Crippen LogP contribution < -0.4 is 32.9 Å². The predicted molar refractivity (Wildman–Crippen MR) is 228 cm³/mol. The predicted octanol–water partition coefficient (Wildman–Crippen LogP) is 6.30. The first kappa shape index (κ1) is 42.0. The monoisotopic (exact) mass is 930 g/mol. The first-order valence-electron chi connectivity index (χ1n) is 17.0. The molecule has 12 nitrogen and oxygen atoms in total. The second-order valence-electron chi connectivity index (χ2n) is 15.0. The van der Waals surface area contributed by atoms with E-state index in [0.717, 1.165) is 32.6 Å². The number of aromatic amines is 2. The number of hydrogen-bond donors (Lipinski definition) is 3. The minimum absolute atomic E-state index is 0.339. The molecule has 55 heavy (non-hydrogen) atoms. The van der Waals surface area contributed by atoms with Crippen molar-refractivity contribution >= 4 is 106 Å². The number of aromatic nitrogens is 4. The van der Waals surface area contributed by atoms with E-state index in [9.17, 15) is 33.9 Å². The lowest BCUT2D eigenvalue weighted by atomic mass is 10.1. The summed E-state index contributed by atoms with van der Waals surface area (Å²) >= 11 is 9.27. The summed E-state index contributed by atoms with van der Waals surface area (Å²) in [5, 5.41) is 11.3. The van der Waals surface area contributed by atoms with E-state index >= 15 is 0 Å². The number of carbonyl (C=O) groups excluding carboxylic acids is 1. The van der Waals surface area contributed by atoms with Gasteiger partial charge >= 0.3 is 31.6 Å². The lowest BCUT2D eigenvalue weighted by Gasteiger charge is -2.43. The Morgan fingerprint density at radius 3 is 1.38 bits per heavy atom. The van der Waals surface area contributed by atoms with Crippen LogP contribution >= 0.6 is 54.5 Å². The molecule has 0 amide bonds. The van der Waals surface area contributed by atoms with E-state index in [4.69, 9.17) is 4.43 Å². The Morgan fingerprint density at radius 1 is 0.673 bits per heavy atom. The summed E-state index contributed by atoms with van der Waals surface area (Å²) in [6, 6.07) is 19.6. The van der Waals surface area contributed by atoms with E-state index in [2.05, 4.69) is 62.6 Å². The Morgan fingerprint density at radius 2 is 1.04 bits per heavy atom. The number of fused-ring (bicyclic) bond motifs is 2. The van der Waals surface area contributed by atoms with E-state index < -0.39 is 58.9 Å². The number of carboxylic acids is 1. The van der Waals surface area contributed by atoms with Gasteiger partial charge in [0, 0.05) is 0 Å². The highest BCUT2D eigenvalue weighted by atomic mass is 79.9. The zero-order valence-electron chi connectivity index (χ0n) is 31.5. The van der Waals surface area contributed by atoms with Crippen molar-refractivity contribution in [1.29, 1.82) is 0 Å². The molecule has 0 saturated carbocycles. The third kappa shape index (κ3) is 7.20. The number of aliphatic carboxylic acids is 1. The van der Waals surface area contributed by atoms with Gasteiger partial charge in [-0.3, -0.25) is 24.4 Å². The van der Waals surface area contributed by atoms with Gasteiger partial charge in [0.1, 0.15) is 20.7 Å². The molecule has 0 bridgehead atoms. The summed E-state index contributed by atoms with van der Waals surface area (Å²) in [5.74, 6) is -1.87. The van der Waals surface area contributed by atoms with E-state index in [1.165, 1.54) is 36.5 Å². The molecule has 4 aromatic heterocycles. The molecule has 0 aliphatic rings. The van der Waals surface area contributed by atoms with Crippen LogP contribution in [0.3, 0.4) is 0 Å². The molecule has 4 heterocycles. The summed E-state index contributed by atoms with van der Waals surface area (Å²) in [6.45, 7) is 15.5. The molecular weight excluding hydrogens is 892 g/mol. The zero-order chi connectivity index (χ0) is 41.0. The standard InChI is InChI=1S/C27H29BrN2O4SSi.C11H11BrN2O4S/c1-17-20-22(35-21(17)28)29-25(33)30(23(20)31)27(5,6)24(32)34-36(26(2,3)4,18-13-9-7-10-14-18)19-15-11-8-12-16-19;1-4-5-7(19-6(4)12)13-10(18)14(8(5)15)11(2,3)9(16)17/h7-16H,1-6H3,(H,29,33);1-3H3,(H,13,18)(H,16,17). The fourth-order valence-corrected chi connectivity index (χ4v) is 14.1. The van der Waals surface area contributed by atoms with Gasteiger partial charge in [-0.15, -0.1) is 22.7 Å². The number of benzene rings is 2. The number of aryl methyl sites for hydroxylation is 2. The van der Waals surface area contributed by atoms with Gasteiger partial charge < -0.3 is 9.53 Å². The SMILES string of the molecule is Cc1c(Br)sc2[nH]c(=O)n(C(C)(C)C(=O)O)c(=O)c12.Cc1c(Br)sc2[nH]c(=O)n(C(C)(C)C(=O)O[Si](c3ccccc3)(c3ccccc3)C(C)(C)C)c(=O)c12. The van der Waals surface area contributed by atoms with Crippen LogP contribution in [0.25, 0.3) is 20.4 Å². The normalized spacial score (nSPS) is 12.4. The van der Waals surface area contributed by atoms with Crippen LogP contribution in [0.1, 0.15) is 59.6 Å². The van der Waals surface area contributed by atoms with Gasteiger partial charge in [0.05, 0.1) is 18.3 Å². The molecule has 0 fully saturated rings. The maximum absolute atomic E-state index is 14.1. The second-order valence-corrected chi connectivity index (χ2v) is 23.9. The first-order chi connectivity index (χ1) is 25.5. The molecule has 290 valence electrons. The number of thiophene rings is 2. The summed E-state index contributed by atoms with van der Waals surface area (Å²) in [7, 11) is -3.23. The third-order valence-corrected chi connectivity index (χ3v) is 18.7. The quantitative estimate of drug-likeness (QED) is 0.157. The van der Waals surface area contributed by atoms with Crippen molar-refractivity contribution < 1.29 is 19.1 Å². The molecule has 6 aromatic rings. The Labute approximate surface area is 341 Å². The summed E-state index contributed by atoms with van der Waals surface area (Å²) < 4.78 is 9.86. The molecule has 6 rings (SSSR count). The summed E-state index contributed by atoms with van der Waals surface area (Å²) in [6.07, 6.45) is 0. The van der Waals surface area contributed by atoms with Crippen molar-refractivity contribution in [3.8, 4) is 0 Å². The zero-order valence-corrected chi connectivity index (χ0v) is 37.4. The number of rotatable bonds is 7. The fourth-order valence-electron chi connectivity index (χ4n) is 6.49. The van der Waals surface area contributed by atoms with Crippen LogP contribution in [0.5, 0.6) is 0 Å². The number of nitrogens with one attached hydrogen (secondary N) is 2. The van der Waals surface area contributed by atoms with E-state index in [-0.39, 0.29) is 0 Å². The maximum atomic E-state index is 14.1. The molecule has 3 N–H and O–H groups in total. The number of nitrogens with zero attached hydrogens (tertiary/aromatic N) is 2. The highest BCUT2D eigenvalue weighted by Gasteiger charge is 2.55. The first-order valence-corrected chi connectivity index (χ1v) is 22.1. The number of halogens is 2. The van der Waals surface area contributed by atoms with Gasteiger partial charge in [0.15, 0.2) is 0 Å². The van der Waals surface area contributed by atoms with Crippen molar-refractivity contribution in [3.63, 3.8) is 0 Å². The van der Waals surface area contributed by atoms with Crippen LogP contribution in [-0.2, 0) is 25.1 Å². The van der Waals surface area contributed by atoms with Crippen molar-refractivity contribution in [2.75, 3.05) is 0 Å². The van der Waals surface area contributed by atoms with Gasteiger partial charge in [-0.1, -0.05) is 81.4 Å². The van der Waals surface area contributed by atoms with Gasteiger partial charge in [0.2, 0.25) is 0 Å². The van der Waals surface area contributed by atoms with E-state index in [1.54, 1.807) is 27.7 Å². The summed E-state index contributed by atoms with van der Waals surface area (Å²) in [4.78, 5) is 82.6. The highest BCUT2D eigenvalue weighted by molar-refractivity contribution is 9.11. The molecular formula is C38H40Br2N4O8S2Si. The Bertz CT molecular complexity index is 2670. The lowest BCUT2D eigenvalue weighted by Crippen LogP contribution is -2.69. The van der Waals surface area contributed by atoms with Crippen LogP contribution in [-0.4, -0.2) is 44.5 Å². The van der Waals surface area contributed by atoms with Gasteiger partial charge in [-0.2, -0.15) is 0 Å². The van der Waals surface area contributed by atoms with Crippen LogP contribution in [0.4, 0.5) is 0 Å². The van der Waals surface area contributed by atoms with Crippen molar-refractivity contribution in [1.82, 2.24) is 19.1 Å². The number of carboxylic acid groups (broad SMARTS) is 1. The topological polar surface area (TPSA) is 173 Å². The minimum Gasteiger partial charge on any atom is -0.508 e. The Balaban J connectivity index is 0.000000256. The molecule has 0 aliphatic carbocycles. The second kappa shape index (κ2) is 15.1. The maximum Gasteiger partial charge on any atom is 0.330 e. The molecule has 0 radical (unpaired) electrons. The van der Waals surface area contributed by atoms with Gasteiger partial charge in [-0.25, -0.2) is 23.5 Å². The van der Waals surface area contributed by atoms with Crippen molar-refractivity contribution in [2.45, 2.75) is 78.4 Å². The largest absolute Gasteiger partial charge is 0.508 e. The van der Waals surface area contributed by atoms with Crippen molar-refractivity contribution in [3.05, 3.63) is 121 Å². The third-order valence-electron chi connectivity index (χ3n) is 9.66. The Hall–Kier alpha value is -4.16. The molecule has 0 saturated heterocycles. The number of hydrogen-bond acceptors (Lipinski definition) is 9. The van der Waals surface area contributed by atoms with E-state index in [0.29, 0.717) is 26.0 Å². The lowest BCUT2D eigenvalue weighted by molar-refractivity contribution is -0.146. The van der Waals surface area contributed by atoms with Crippen LogP contribution in [0.15, 0.2) is 87.4 Å². The van der Waals surface area contributed by atoms with Crippen LogP contribution in [0, 0.1) is 13.8 Å². The van der Waals surface area contributed by atoms with Crippen molar-refractivity contribution in [2.24, 2.45) is 0 Å². The molecule has 0 atom stereocenters. The minimum atomic E-state index is -3.23. The average Bonchev–Trinajstić information content (AvgIpc) is 3.55. The molecule has 17 heteroatoms. The smallest absolute Gasteiger partial charge is 0.330 e. The van der Waals surface area contributed by atoms with Gasteiger partial charge in [-0.05, 0) is 99.9 Å². The Kier molecular flexibility index (Phi) is 11.5. The number of H-pyrrole nitrogens is 2. The summed E-state index contributed by atoms with van der Waals surface area (Å²) in [5.41, 5.74) is -4.24. The number of carbonyl (C=O) groups is 2. The molecule has 0 spiro atoms. The molecule has 0 aliphatic heterocycles. The average molecular weight is 933 g/mol. The molecule has 0 unspecified atom stereocenters. The fraction of sp³-hybridized carbons (Fsp3) is 0.316. The molecule has 2 aromatic carbocycles. The van der Waals surface area contributed by atoms with Gasteiger partial charge in [0.25, 0.3) is 11.1 Å².